The van der Waals surface area contributed by atoms with Crippen molar-refractivity contribution >= 4 is 28.3 Å². The van der Waals surface area contributed by atoms with Gasteiger partial charge in [0.15, 0.2) is 0 Å². The molecule has 6 heteroatoms. The molecule has 0 bridgehead atoms. The normalized spacial score (nSPS) is 24.0. The van der Waals surface area contributed by atoms with Crippen molar-refractivity contribution in [2.24, 2.45) is 5.73 Å². The number of likely N-dealkylation sites (tertiary alicyclic amines) is 1. The van der Waals surface area contributed by atoms with Crippen molar-refractivity contribution < 1.29 is 4.74 Å². The summed E-state index contributed by atoms with van der Waals surface area (Å²) in [6, 6.07) is 17.8. The molecule has 0 aromatic heterocycles. The van der Waals surface area contributed by atoms with E-state index in [1.807, 2.05) is 12.1 Å². The number of nitrogens with zero attached hydrogens (tertiary/aromatic N) is 1. The van der Waals surface area contributed by atoms with Crippen molar-refractivity contribution in [1.82, 2.24) is 10.2 Å². The highest BCUT2D eigenvalue weighted by Crippen LogP contribution is 2.41. The van der Waals surface area contributed by atoms with Gasteiger partial charge in [0.2, 0.25) is 0 Å². The van der Waals surface area contributed by atoms with E-state index in [-0.39, 0.29) is 12.4 Å². The van der Waals surface area contributed by atoms with Crippen LogP contribution < -0.4 is 15.8 Å². The fourth-order valence-corrected chi connectivity index (χ4v) is 4.09. The van der Waals surface area contributed by atoms with Gasteiger partial charge in [-0.25, -0.2) is 0 Å². The zero-order valence-corrected chi connectivity index (χ0v) is 18.4. The molecule has 1 unspecified atom stereocenters. The van der Waals surface area contributed by atoms with E-state index in [0.717, 1.165) is 42.8 Å². The second-order valence-electron chi connectivity index (χ2n) is 7.74. The second kappa shape index (κ2) is 10.1. The Morgan fingerprint density at radius 3 is 2.54 bits per heavy atom. The van der Waals surface area contributed by atoms with Gasteiger partial charge in [-0.3, -0.25) is 0 Å². The smallest absolute Gasteiger partial charge is 0.119 e. The Kier molecular flexibility index (Phi) is 7.77. The first kappa shape index (κ1) is 21.6. The number of benzene rings is 2. The molecule has 152 valence electrons. The quantitative estimate of drug-likeness (QED) is 0.619. The Morgan fingerprint density at radius 1 is 1.11 bits per heavy atom. The average molecular weight is 467 g/mol. The fraction of sp³-hybridized carbons (Fsp3) is 0.455. The van der Waals surface area contributed by atoms with Crippen molar-refractivity contribution in [3.05, 3.63) is 64.1 Å². The van der Waals surface area contributed by atoms with Crippen LogP contribution in [0.3, 0.4) is 0 Å². The van der Waals surface area contributed by atoms with Gasteiger partial charge in [0.25, 0.3) is 0 Å². The molecule has 1 saturated carbocycles. The molecule has 1 saturated heterocycles. The van der Waals surface area contributed by atoms with Crippen molar-refractivity contribution in [3.63, 3.8) is 0 Å². The predicted molar refractivity (Wildman–Crippen MR) is 120 cm³/mol. The molecular weight excluding hydrogens is 438 g/mol. The molecule has 2 fully saturated rings. The number of hydrogen-bond donors (Lipinski definition) is 2. The molecule has 1 aliphatic heterocycles. The van der Waals surface area contributed by atoms with E-state index in [9.17, 15) is 0 Å². The zero-order valence-electron chi connectivity index (χ0n) is 16.0. The lowest BCUT2D eigenvalue weighted by Crippen LogP contribution is -2.33. The van der Waals surface area contributed by atoms with E-state index in [1.54, 1.807) is 0 Å². The number of hydrogen-bond acceptors (Lipinski definition) is 4. The first-order chi connectivity index (χ1) is 13.2. The summed E-state index contributed by atoms with van der Waals surface area (Å²) in [5, 5.41) is 3.70. The average Bonchev–Trinajstić information content (AvgIpc) is 3.34. The molecule has 2 aromatic carbocycles. The number of rotatable bonds is 8. The van der Waals surface area contributed by atoms with Gasteiger partial charge in [-0.2, -0.15) is 0 Å². The molecule has 4 nitrogen and oxygen atoms in total. The molecule has 1 aliphatic carbocycles. The van der Waals surface area contributed by atoms with Gasteiger partial charge in [-0.1, -0.05) is 40.2 Å². The molecule has 0 radical (unpaired) electrons. The molecule has 4 rings (SSSR count). The lowest BCUT2D eigenvalue weighted by molar-refractivity contribution is 0.306. The van der Waals surface area contributed by atoms with Crippen molar-refractivity contribution in [3.8, 4) is 5.75 Å². The Balaban J connectivity index is 0.00000225. The minimum atomic E-state index is 0. The number of nitrogens with two attached hydrogens (primary N) is 1. The highest BCUT2D eigenvalue weighted by Gasteiger charge is 2.37. The van der Waals surface area contributed by atoms with Crippen LogP contribution in [0.4, 0.5) is 0 Å². The summed E-state index contributed by atoms with van der Waals surface area (Å²) < 4.78 is 6.99. The van der Waals surface area contributed by atoms with Crippen molar-refractivity contribution in [2.45, 2.75) is 37.5 Å². The monoisotopic (exact) mass is 465 g/mol. The van der Waals surface area contributed by atoms with Crippen LogP contribution in [-0.2, 0) is 6.61 Å². The lowest BCUT2D eigenvalue weighted by atomic mass is 10.1. The standard InChI is InChI=1S/C22H28BrN3O.ClH/c23-18-5-1-16(2-6-18)15-27-20-7-3-17(4-8-20)21-13-22(21)25-10-12-26-11-9-19(24)14-26;/h1-8,19,21-22,25H,9-15,24H2;1H/t19-,21?,22+;/m1./s1. The van der Waals surface area contributed by atoms with E-state index in [0.29, 0.717) is 24.6 Å². The highest BCUT2D eigenvalue weighted by atomic mass is 79.9. The Labute approximate surface area is 182 Å². The van der Waals surface area contributed by atoms with Crippen LogP contribution in [0.5, 0.6) is 5.75 Å². The van der Waals surface area contributed by atoms with Crippen LogP contribution in [0.15, 0.2) is 53.0 Å². The summed E-state index contributed by atoms with van der Waals surface area (Å²) >= 11 is 3.46. The SMILES string of the molecule is Cl.N[C@@H]1CCN(CCN[C@H]2CC2c2ccc(OCc3ccc(Br)cc3)cc2)C1. The van der Waals surface area contributed by atoms with Gasteiger partial charge in [0, 0.05) is 42.1 Å². The topological polar surface area (TPSA) is 50.5 Å². The Bertz CT molecular complexity index is 740. The molecule has 2 aliphatic rings. The number of ether oxygens (including phenoxy) is 1. The third-order valence-corrected chi connectivity index (χ3v) is 6.09. The minimum absolute atomic E-state index is 0. The summed E-state index contributed by atoms with van der Waals surface area (Å²) in [6.07, 6.45) is 2.38. The molecule has 2 aromatic rings. The van der Waals surface area contributed by atoms with E-state index in [1.165, 1.54) is 17.5 Å². The molecule has 3 N–H and O–H groups in total. The molecule has 0 amide bonds. The lowest BCUT2D eigenvalue weighted by Gasteiger charge is -2.15. The van der Waals surface area contributed by atoms with Crippen molar-refractivity contribution in [2.75, 3.05) is 26.2 Å². The zero-order chi connectivity index (χ0) is 18.6. The summed E-state index contributed by atoms with van der Waals surface area (Å²) in [5.74, 6) is 1.57. The third-order valence-electron chi connectivity index (χ3n) is 5.56. The Morgan fingerprint density at radius 2 is 1.86 bits per heavy atom. The second-order valence-corrected chi connectivity index (χ2v) is 8.65. The molecule has 0 spiro atoms. The number of halogens is 2. The van der Waals surface area contributed by atoms with Crippen LogP contribution in [0, 0.1) is 0 Å². The largest absolute Gasteiger partial charge is 0.489 e. The van der Waals surface area contributed by atoms with Crippen LogP contribution in [0.1, 0.15) is 29.9 Å². The summed E-state index contributed by atoms with van der Waals surface area (Å²) in [6.45, 7) is 4.97. The van der Waals surface area contributed by atoms with E-state index < -0.39 is 0 Å². The highest BCUT2D eigenvalue weighted by molar-refractivity contribution is 9.10. The summed E-state index contributed by atoms with van der Waals surface area (Å²) in [4.78, 5) is 2.46. The van der Waals surface area contributed by atoms with Gasteiger partial charge in [0.05, 0.1) is 0 Å². The maximum atomic E-state index is 5.97. The molecule has 1 heterocycles. The van der Waals surface area contributed by atoms with Gasteiger partial charge < -0.3 is 20.7 Å². The fourth-order valence-electron chi connectivity index (χ4n) is 3.82. The van der Waals surface area contributed by atoms with Crippen LogP contribution in [-0.4, -0.2) is 43.2 Å². The summed E-state index contributed by atoms with van der Waals surface area (Å²) in [5.41, 5.74) is 8.55. The maximum Gasteiger partial charge on any atom is 0.119 e. The van der Waals surface area contributed by atoms with Gasteiger partial charge in [-0.15, -0.1) is 12.4 Å². The predicted octanol–water partition coefficient (Wildman–Crippen LogP) is 3.93. The van der Waals surface area contributed by atoms with Gasteiger partial charge in [-0.05, 0) is 54.8 Å². The van der Waals surface area contributed by atoms with Crippen molar-refractivity contribution in [1.29, 1.82) is 0 Å². The Hall–Kier alpha value is -1.11. The summed E-state index contributed by atoms with van der Waals surface area (Å²) in [7, 11) is 0. The van der Waals surface area contributed by atoms with Crippen LogP contribution in [0.25, 0.3) is 0 Å². The third kappa shape index (κ3) is 5.94. The first-order valence-corrected chi connectivity index (χ1v) is 10.7. The maximum absolute atomic E-state index is 5.97. The van der Waals surface area contributed by atoms with E-state index in [2.05, 4.69) is 62.5 Å². The van der Waals surface area contributed by atoms with E-state index in [4.69, 9.17) is 10.5 Å². The number of nitrogens with one attached hydrogen (secondary N) is 1. The molecule has 3 atom stereocenters. The van der Waals surface area contributed by atoms with Gasteiger partial charge in [0.1, 0.15) is 12.4 Å². The minimum Gasteiger partial charge on any atom is -0.489 e. The van der Waals surface area contributed by atoms with Crippen LogP contribution in [0.2, 0.25) is 0 Å². The van der Waals surface area contributed by atoms with Crippen LogP contribution >= 0.6 is 28.3 Å². The first-order valence-electron chi connectivity index (χ1n) is 9.86. The molecule has 28 heavy (non-hydrogen) atoms. The molecular formula is C22H29BrClN3O. The van der Waals surface area contributed by atoms with E-state index >= 15 is 0 Å². The van der Waals surface area contributed by atoms with Gasteiger partial charge >= 0.3 is 0 Å².